The Balaban J connectivity index is 1.93. The second-order valence-electron chi connectivity index (χ2n) is 6.37. The molecule has 1 amide bonds. The molecule has 0 spiro atoms. The lowest BCUT2D eigenvalue weighted by atomic mass is 10.0. The molecule has 128 valence electrons. The number of nitrogens with one attached hydrogen (secondary N) is 1. The van der Waals surface area contributed by atoms with Crippen LogP contribution in [0.15, 0.2) is 24.3 Å². The Labute approximate surface area is 141 Å². The van der Waals surface area contributed by atoms with E-state index in [1.807, 2.05) is 31.2 Å². The fourth-order valence-electron chi connectivity index (χ4n) is 3.03. The van der Waals surface area contributed by atoms with E-state index in [2.05, 4.69) is 5.32 Å². The molecule has 0 saturated heterocycles. The van der Waals surface area contributed by atoms with Crippen molar-refractivity contribution in [3.8, 4) is 0 Å². The summed E-state index contributed by atoms with van der Waals surface area (Å²) in [5.74, 6) is 0.410. The number of carbonyl (C=O) groups excluding carboxylic acids is 1. The van der Waals surface area contributed by atoms with Crippen molar-refractivity contribution in [2.24, 2.45) is 5.73 Å². The normalized spacial score (nSPS) is 18.3. The quantitative estimate of drug-likeness (QED) is 0.802. The van der Waals surface area contributed by atoms with Crippen LogP contribution in [0.4, 0.5) is 5.69 Å². The van der Waals surface area contributed by atoms with Crippen molar-refractivity contribution in [1.29, 1.82) is 0 Å². The lowest BCUT2D eigenvalue weighted by molar-refractivity contribution is -0.117. The number of carbonyl (C=O) groups is 1. The lowest BCUT2D eigenvalue weighted by Crippen LogP contribution is -2.35. The zero-order chi connectivity index (χ0) is 16.7. The molecule has 2 rings (SSSR count). The monoisotopic (exact) mass is 336 g/mol. The number of hydrogen-bond donors (Lipinski definition) is 2. The van der Waals surface area contributed by atoms with Gasteiger partial charge < -0.3 is 11.1 Å². The number of amides is 1. The zero-order valence-electron chi connectivity index (χ0n) is 13.9. The topological polar surface area (TPSA) is 72.2 Å². The van der Waals surface area contributed by atoms with E-state index in [1.54, 1.807) is 0 Å². The SMILES string of the molecule is CCCC(N)C(=O)Nc1cccc(CS(=O)C2CCCCC2)c1. The Morgan fingerprint density at radius 2 is 2.09 bits per heavy atom. The summed E-state index contributed by atoms with van der Waals surface area (Å²) in [7, 11) is -0.828. The van der Waals surface area contributed by atoms with Crippen LogP contribution >= 0.6 is 0 Å². The third-order valence-corrected chi connectivity index (χ3v) is 6.20. The third-order valence-electron chi connectivity index (χ3n) is 4.36. The maximum atomic E-state index is 12.5. The zero-order valence-corrected chi connectivity index (χ0v) is 14.7. The summed E-state index contributed by atoms with van der Waals surface area (Å²) in [6.45, 7) is 2.01. The van der Waals surface area contributed by atoms with E-state index >= 15 is 0 Å². The average molecular weight is 337 g/mol. The molecule has 5 heteroatoms. The van der Waals surface area contributed by atoms with E-state index in [-0.39, 0.29) is 5.91 Å². The molecule has 1 aromatic carbocycles. The summed E-state index contributed by atoms with van der Waals surface area (Å²) >= 11 is 0. The van der Waals surface area contributed by atoms with E-state index in [9.17, 15) is 9.00 Å². The van der Waals surface area contributed by atoms with Gasteiger partial charge >= 0.3 is 0 Å². The maximum Gasteiger partial charge on any atom is 0.241 e. The first-order valence-electron chi connectivity index (χ1n) is 8.62. The maximum absolute atomic E-state index is 12.5. The number of benzene rings is 1. The van der Waals surface area contributed by atoms with Crippen LogP contribution < -0.4 is 11.1 Å². The van der Waals surface area contributed by atoms with Crippen molar-refractivity contribution >= 4 is 22.4 Å². The molecule has 0 bridgehead atoms. The largest absolute Gasteiger partial charge is 0.325 e. The van der Waals surface area contributed by atoms with Gasteiger partial charge in [-0.3, -0.25) is 9.00 Å². The molecular weight excluding hydrogens is 308 g/mol. The lowest BCUT2D eigenvalue weighted by Gasteiger charge is -2.21. The highest BCUT2D eigenvalue weighted by Gasteiger charge is 2.20. The predicted octanol–water partition coefficient (Wildman–Crippen LogP) is 3.33. The summed E-state index contributed by atoms with van der Waals surface area (Å²) in [6, 6.07) is 7.16. The van der Waals surface area contributed by atoms with E-state index in [0.717, 1.165) is 30.5 Å². The molecule has 4 nitrogen and oxygen atoms in total. The van der Waals surface area contributed by atoms with Gasteiger partial charge in [-0.15, -0.1) is 0 Å². The van der Waals surface area contributed by atoms with Gasteiger partial charge in [-0.1, -0.05) is 44.7 Å². The minimum atomic E-state index is -0.828. The second-order valence-corrected chi connectivity index (χ2v) is 8.09. The second kappa shape index (κ2) is 9.18. The number of hydrogen-bond acceptors (Lipinski definition) is 3. The first-order valence-corrected chi connectivity index (χ1v) is 10.0. The standard InChI is InChI=1S/C18H28N2O2S/c1-2-7-17(19)18(21)20-15-9-6-8-14(12-15)13-23(22)16-10-4-3-5-11-16/h6,8-9,12,16-17H,2-5,7,10-11,13,19H2,1H3,(H,20,21). The summed E-state index contributed by atoms with van der Waals surface area (Å²) < 4.78 is 12.5. The number of anilines is 1. The Hall–Kier alpha value is -1.20. The van der Waals surface area contributed by atoms with Crippen molar-refractivity contribution in [1.82, 2.24) is 0 Å². The molecule has 0 radical (unpaired) electrons. The molecule has 3 N–H and O–H groups in total. The highest BCUT2D eigenvalue weighted by Crippen LogP contribution is 2.24. The molecule has 0 heterocycles. The molecule has 23 heavy (non-hydrogen) atoms. The number of rotatable bonds is 7. The van der Waals surface area contributed by atoms with Gasteiger partial charge in [0.05, 0.1) is 6.04 Å². The van der Waals surface area contributed by atoms with Crippen molar-refractivity contribution in [2.45, 2.75) is 68.9 Å². The highest BCUT2D eigenvalue weighted by molar-refractivity contribution is 7.84. The Morgan fingerprint density at radius 1 is 1.35 bits per heavy atom. The van der Waals surface area contributed by atoms with Gasteiger partial charge in [-0.2, -0.15) is 0 Å². The van der Waals surface area contributed by atoms with Gasteiger partial charge in [-0.05, 0) is 37.0 Å². The summed E-state index contributed by atoms with van der Waals surface area (Å²) in [4.78, 5) is 12.0. The molecule has 1 saturated carbocycles. The molecule has 2 atom stereocenters. The van der Waals surface area contributed by atoms with Crippen LogP contribution in [-0.4, -0.2) is 21.4 Å². The first-order chi connectivity index (χ1) is 11.1. The molecule has 1 fully saturated rings. The van der Waals surface area contributed by atoms with Crippen molar-refractivity contribution < 1.29 is 9.00 Å². The Morgan fingerprint density at radius 3 is 2.78 bits per heavy atom. The van der Waals surface area contributed by atoms with Gasteiger partial charge in [0.1, 0.15) is 0 Å². The van der Waals surface area contributed by atoms with Crippen LogP contribution in [0, 0.1) is 0 Å². The van der Waals surface area contributed by atoms with E-state index in [0.29, 0.717) is 17.4 Å². The van der Waals surface area contributed by atoms with Crippen LogP contribution in [0.25, 0.3) is 0 Å². The molecule has 0 aromatic heterocycles. The van der Waals surface area contributed by atoms with E-state index < -0.39 is 16.8 Å². The summed E-state index contributed by atoms with van der Waals surface area (Å²) in [6.07, 6.45) is 7.38. The van der Waals surface area contributed by atoms with E-state index in [1.165, 1.54) is 19.3 Å². The van der Waals surface area contributed by atoms with Gasteiger partial charge in [0.2, 0.25) is 5.91 Å². The van der Waals surface area contributed by atoms with Crippen LogP contribution in [0.1, 0.15) is 57.4 Å². The van der Waals surface area contributed by atoms with Gasteiger partial charge in [0.25, 0.3) is 0 Å². The van der Waals surface area contributed by atoms with Crippen LogP contribution in [0.2, 0.25) is 0 Å². The van der Waals surface area contributed by atoms with Gasteiger partial charge in [0.15, 0.2) is 0 Å². The van der Waals surface area contributed by atoms with E-state index in [4.69, 9.17) is 5.73 Å². The van der Waals surface area contributed by atoms with Crippen LogP contribution in [0.3, 0.4) is 0 Å². The summed E-state index contributed by atoms with van der Waals surface area (Å²) in [5.41, 5.74) is 7.58. The summed E-state index contributed by atoms with van der Waals surface area (Å²) in [5, 5.41) is 3.19. The fourth-order valence-corrected chi connectivity index (χ4v) is 4.63. The van der Waals surface area contributed by atoms with Crippen molar-refractivity contribution in [2.75, 3.05) is 5.32 Å². The first kappa shape index (κ1) is 18.1. The molecular formula is C18H28N2O2S. The molecule has 2 unspecified atom stereocenters. The van der Waals surface area contributed by atoms with Gasteiger partial charge in [-0.25, -0.2) is 0 Å². The molecule has 1 aromatic rings. The van der Waals surface area contributed by atoms with Crippen molar-refractivity contribution in [3.05, 3.63) is 29.8 Å². The highest BCUT2D eigenvalue weighted by atomic mass is 32.2. The Kier molecular flexibility index (Phi) is 7.24. The number of nitrogens with two attached hydrogens (primary N) is 1. The molecule has 1 aliphatic carbocycles. The predicted molar refractivity (Wildman–Crippen MR) is 96.7 cm³/mol. The average Bonchev–Trinajstić information content (AvgIpc) is 2.56. The fraction of sp³-hybridized carbons (Fsp3) is 0.611. The van der Waals surface area contributed by atoms with Crippen molar-refractivity contribution in [3.63, 3.8) is 0 Å². The molecule has 1 aliphatic rings. The minimum absolute atomic E-state index is 0.155. The van der Waals surface area contributed by atoms with Crippen LogP contribution in [0.5, 0.6) is 0 Å². The van der Waals surface area contributed by atoms with Crippen LogP contribution in [-0.2, 0) is 21.3 Å². The minimum Gasteiger partial charge on any atom is -0.325 e. The molecule has 0 aliphatic heterocycles. The van der Waals surface area contributed by atoms with Gasteiger partial charge in [0, 0.05) is 27.5 Å². The Bertz CT molecular complexity index is 542. The smallest absolute Gasteiger partial charge is 0.241 e. The third kappa shape index (κ3) is 5.74.